The van der Waals surface area contributed by atoms with Crippen molar-refractivity contribution in [2.24, 2.45) is 17.8 Å². The van der Waals surface area contributed by atoms with Crippen LogP contribution in [-0.4, -0.2) is 28.8 Å². The van der Waals surface area contributed by atoms with Crippen molar-refractivity contribution in [2.75, 3.05) is 0 Å². The molecule has 0 N–H and O–H groups in total. The molecule has 0 saturated carbocycles. The minimum Gasteiger partial charge on any atom is -0.409 e. The van der Waals surface area contributed by atoms with Crippen LogP contribution < -0.4 is 0 Å². The fourth-order valence-corrected chi connectivity index (χ4v) is 11.4. The molecule has 0 spiro atoms. The Bertz CT molecular complexity index is 449. The molecule has 2 rings (SSSR count). The van der Waals surface area contributed by atoms with Crippen molar-refractivity contribution in [1.82, 2.24) is 0 Å². The molecule has 126 valence electrons. The first kappa shape index (κ1) is 18.2. The van der Waals surface area contributed by atoms with Crippen molar-refractivity contribution in [2.45, 2.75) is 73.0 Å². The van der Waals surface area contributed by atoms with Gasteiger partial charge in [0.25, 0.3) is 0 Å². The van der Waals surface area contributed by atoms with Crippen LogP contribution in [0.5, 0.6) is 0 Å². The summed E-state index contributed by atoms with van der Waals surface area (Å²) in [4.78, 5) is 0. The van der Waals surface area contributed by atoms with Gasteiger partial charge in [-0.1, -0.05) is 43.3 Å². The summed E-state index contributed by atoms with van der Waals surface area (Å²) >= 11 is 0. The number of rotatable bonds is 2. The summed E-state index contributed by atoms with van der Waals surface area (Å²) in [6, 6.07) is 0. The van der Waals surface area contributed by atoms with Crippen LogP contribution in [0.1, 0.15) is 34.6 Å². The molecule has 2 aliphatic rings. The zero-order valence-electron chi connectivity index (χ0n) is 15.9. The monoisotopic (exact) mass is 338 g/mol. The Labute approximate surface area is 139 Å². The molecular weight excluding hydrogens is 304 g/mol. The van der Waals surface area contributed by atoms with Gasteiger partial charge < -0.3 is 8.85 Å². The number of hydrogen-bond acceptors (Lipinski definition) is 2. The van der Waals surface area contributed by atoms with Gasteiger partial charge in [-0.15, -0.1) is 0 Å². The quantitative estimate of drug-likeness (QED) is 0.654. The maximum Gasteiger partial charge on any atom is 0.214 e. The van der Waals surface area contributed by atoms with E-state index in [9.17, 15) is 0 Å². The zero-order chi connectivity index (χ0) is 16.9. The Morgan fingerprint density at radius 2 is 1.14 bits per heavy atom. The van der Waals surface area contributed by atoms with Crippen LogP contribution in [0, 0.1) is 17.8 Å². The highest BCUT2D eigenvalue weighted by Crippen LogP contribution is 2.46. The molecule has 2 heterocycles. The lowest BCUT2D eigenvalue weighted by atomic mass is 9.84. The molecule has 0 radical (unpaired) electrons. The van der Waals surface area contributed by atoms with Crippen LogP contribution in [0.15, 0.2) is 22.5 Å². The van der Waals surface area contributed by atoms with E-state index in [2.05, 4.69) is 73.0 Å². The normalized spacial score (nSPS) is 42.2. The minimum atomic E-state index is -1.69. The Morgan fingerprint density at radius 3 is 1.36 bits per heavy atom. The van der Waals surface area contributed by atoms with Crippen molar-refractivity contribution in [3.63, 3.8) is 0 Å². The smallest absolute Gasteiger partial charge is 0.214 e. The molecule has 0 aromatic carbocycles. The van der Waals surface area contributed by atoms with Crippen molar-refractivity contribution in [3.8, 4) is 0 Å². The van der Waals surface area contributed by atoms with Crippen LogP contribution in [0.2, 0.25) is 26.2 Å². The van der Waals surface area contributed by atoms with Crippen LogP contribution in [-0.2, 0) is 8.85 Å². The predicted molar refractivity (Wildman–Crippen MR) is 99.7 cm³/mol. The molecule has 0 aliphatic carbocycles. The molecule has 5 atom stereocenters. The highest BCUT2D eigenvalue weighted by Gasteiger charge is 2.52. The van der Waals surface area contributed by atoms with Crippen LogP contribution in [0.25, 0.3) is 0 Å². The first-order valence-electron chi connectivity index (χ1n) is 8.75. The average molecular weight is 339 g/mol. The molecule has 0 aromatic rings. The Balaban J connectivity index is 2.25. The van der Waals surface area contributed by atoms with E-state index in [1.807, 2.05) is 0 Å². The molecule has 0 bridgehead atoms. The Kier molecular flexibility index (Phi) is 4.99. The van der Waals surface area contributed by atoms with Crippen LogP contribution in [0.4, 0.5) is 0 Å². The molecule has 2 saturated heterocycles. The lowest BCUT2D eigenvalue weighted by Gasteiger charge is -2.32. The van der Waals surface area contributed by atoms with Gasteiger partial charge in [0.2, 0.25) is 16.6 Å². The molecule has 1 unspecified atom stereocenters. The zero-order valence-corrected chi connectivity index (χ0v) is 17.9. The molecule has 22 heavy (non-hydrogen) atoms. The Morgan fingerprint density at radius 1 is 0.818 bits per heavy atom. The number of allylic oxidation sites excluding steroid dienone is 2. The third kappa shape index (κ3) is 2.83. The van der Waals surface area contributed by atoms with E-state index in [1.54, 1.807) is 10.4 Å². The summed E-state index contributed by atoms with van der Waals surface area (Å²) in [6.07, 6.45) is 5.22. The van der Waals surface area contributed by atoms with Gasteiger partial charge in [-0.3, -0.25) is 0 Å². The van der Waals surface area contributed by atoms with E-state index in [0.717, 1.165) is 0 Å². The summed E-state index contributed by atoms with van der Waals surface area (Å²) in [7, 11) is -3.38. The molecular formula is C18H34O2Si2. The van der Waals surface area contributed by atoms with Crippen LogP contribution in [0.3, 0.4) is 0 Å². The lowest BCUT2D eigenvalue weighted by Crippen LogP contribution is -2.38. The molecule has 2 aliphatic heterocycles. The summed E-state index contributed by atoms with van der Waals surface area (Å²) in [5.74, 6) is 1.49. The predicted octanol–water partition coefficient (Wildman–Crippen LogP) is 5.07. The minimum absolute atomic E-state index is 0.307. The van der Waals surface area contributed by atoms with Gasteiger partial charge in [-0.25, -0.2) is 0 Å². The van der Waals surface area contributed by atoms with Crippen molar-refractivity contribution < 1.29 is 8.85 Å². The van der Waals surface area contributed by atoms with E-state index >= 15 is 0 Å². The topological polar surface area (TPSA) is 18.5 Å². The summed E-state index contributed by atoms with van der Waals surface area (Å²) in [5, 5.41) is 3.13. The highest BCUT2D eigenvalue weighted by atomic mass is 28.4. The molecule has 2 nitrogen and oxygen atoms in total. The summed E-state index contributed by atoms with van der Waals surface area (Å²) in [6.45, 7) is 20.7. The average Bonchev–Trinajstić information content (AvgIpc) is 2.78. The second kappa shape index (κ2) is 6.04. The van der Waals surface area contributed by atoms with Gasteiger partial charge in [0, 0.05) is 17.8 Å². The van der Waals surface area contributed by atoms with Crippen molar-refractivity contribution in [3.05, 3.63) is 22.5 Å². The summed E-state index contributed by atoms with van der Waals surface area (Å²) in [5.41, 5.74) is 0. The third-order valence-corrected chi connectivity index (χ3v) is 11.9. The maximum absolute atomic E-state index is 6.61. The van der Waals surface area contributed by atoms with E-state index in [4.69, 9.17) is 8.85 Å². The second-order valence-corrected chi connectivity index (χ2v) is 15.8. The molecule has 0 amide bonds. The SMILES string of the molecule is C/C=C1\[C@@H](C)[C@@H](C(C)[C@@H]2O[Si](C)(C)/C(=C/C)[C@H]2C)O[Si]1(C)C. The van der Waals surface area contributed by atoms with Gasteiger partial charge in [0.1, 0.15) is 0 Å². The third-order valence-electron chi connectivity index (χ3n) is 5.88. The molecule has 4 heteroatoms. The van der Waals surface area contributed by atoms with Gasteiger partial charge >= 0.3 is 0 Å². The first-order valence-corrected chi connectivity index (χ1v) is 14.6. The maximum atomic E-state index is 6.61. The van der Waals surface area contributed by atoms with Gasteiger partial charge in [-0.05, 0) is 40.0 Å². The van der Waals surface area contributed by atoms with E-state index in [0.29, 0.717) is 30.0 Å². The standard InChI is InChI=1S/C18H34O2Si2/c1-10-15-12(3)17(19-21(15,6)7)14(5)18-13(4)16(11-2)22(8,9)20-18/h10-14,17-18H,1-9H3/b15-10+,16-11+/t12-,13-,14?,17-,18+/m1/s1. The number of hydrogen-bond donors (Lipinski definition) is 0. The van der Waals surface area contributed by atoms with Crippen molar-refractivity contribution >= 4 is 16.6 Å². The van der Waals surface area contributed by atoms with Gasteiger partial charge in [0.15, 0.2) is 0 Å². The highest BCUT2D eigenvalue weighted by molar-refractivity contribution is 6.79. The molecule has 0 aromatic heterocycles. The Hall–Kier alpha value is -0.166. The lowest BCUT2D eigenvalue weighted by molar-refractivity contribution is 0.0317. The molecule has 2 fully saturated rings. The van der Waals surface area contributed by atoms with Gasteiger partial charge in [-0.2, -0.15) is 0 Å². The largest absolute Gasteiger partial charge is 0.409 e. The van der Waals surface area contributed by atoms with E-state index < -0.39 is 16.6 Å². The van der Waals surface area contributed by atoms with E-state index in [-0.39, 0.29) is 0 Å². The van der Waals surface area contributed by atoms with Crippen molar-refractivity contribution in [1.29, 1.82) is 0 Å². The fourth-order valence-electron chi connectivity index (χ4n) is 5.00. The first-order chi connectivity index (χ1) is 10.1. The van der Waals surface area contributed by atoms with Gasteiger partial charge in [0.05, 0.1) is 12.2 Å². The fraction of sp³-hybridized carbons (Fsp3) is 0.778. The van der Waals surface area contributed by atoms with E-state index in [1.165, 1.54) is 0 Å². The summed E-state index contributed by atoms with van der Waals surface area (Å²) < 4.78 is 13.2. The van der Waals surface area contributed by atoms with Crippen LogP contribution >= 0.6 is 0 Å². The second-order valence-electron chi connectivity index (χ2n) is 8.11.